The summed E-state index contributed by atoms with van der Waals surface area (Å²) in [7, 11) is -3.28. The fourth-order valence-corrected chi connectivity index (χ4v) is 16.6. The molecule has 2 fully saturated rings. The van der Waals surface area contributed by atoms with E-state index in [-0.39, 0.29) is 57.5 Å². The third kappa shape index (κ3) is 12.7. The molecule has 76 heavy (non-hydrogen) atoms. The Morgan fingerprint density at radius 2 is 1.03 bits per heavy atom. The molecule has 0 amide bonds. The van der Waals surface area contributed by atoms with Gasteiger partial charge in [0.2, 0.25) is 7.70 Å². The molecule has 3 heterocycles. The lowest BCUT2D eigenvalue weighted by molar-refractivity contribution is -0.296. The van der Waals surface area contributed by atoms with Gasteiger partial charge < -0.3 is 31.4 Å². The summed E-state index contributed by atoms with van der Waals surface area (Å²) in [5, 5.41) is 2.42. The van der Waals surface area contributed by atoms with Crippen molar-refractivity contribution in [3.63, 3.8) is 0 Å². The Hall–Kier alpha value is -2.46. The van der Waals surface area contributed by atoms with Crippen LogP contribution in [0.15, 0.2) is 38.2 Å². The van der Waals surface area contributed by atoms with Gasteiger partial charge in [0, 0.05) is 41.8 Å². The third-order valence-corrected chi connectivity index (χ3v) is 20.5. The monoisotopic (exact) mass is 1100 g/mol. The van der Waals surface area contributed by atoms with Crippen molar-refractivity contribution in [3.05, 3.63) is 85.7 Å². The van der Waals surface area contributed by atoms with E-state index in [1.54, 1.807) is 0 Å². The molecule has 0 saturated carbocycles. The van der Waals surface area contributed by atoms with E-state index in [9.17, 15) is 0 Å². The molecule has 0 bridgehead atoms. The normalized spacial score (nSPS) is 19.7. The molecule has 0 N–H and O–H groups in total. The van der Waals surface area contributed by atoms with E-state index in [0.29, 0.717) is 26.4 Å². The molecule has 4 aromatic rings. The van der Waals surface area contributed by atoms with Gasteiger partial charge in [0.1, 0.15) is 17.1 Å². The Morgan fingerprint density at radius 3 is 1.49 bits per heavy atom. The lowest BCUT2D eigenvalue weighted by Gasteiger charge is -2.45. The van der Waals surface area contributed by atoms with Crippen LogP contribution in [0.25, 0.3) is 28.2 Å². The summed E-state index contributed by atoms with van der Waals surface area (Å²) in [5.74, 6) is 1.38. The Balaban J connectivity index is 1.65. The maximum absolute atomic E-state index is 7.90. The third-order valence-electron chi connectivity index (χ3n) is 16.1. The number of hydrogen-bond acceptors (Lipinski definition) is 7. The minimum Gasteiger partial charge on any atom is -0.426 e. The van der Waals surface area contributed by atoms with Crippen molar-refractivity contribution in [1.82, 2.24) is 0 Å². The van der Waals surface area contributed by atoms with Crippen LogP contribution in [0, 0.1) is 30.1 Å². The Kier molecular flexibility index (Phi) is 16.3. The highest BCUT2D eigenvalue weighted by Gasteiger charge is 2.47. The van der Waals surface area contributed by atoms with Gasteiger partial charge in [-0.25, -0.2) is 0 Å². The van der Waals surface area contributed by atoms with E-state index >= 15 is 0 Å². The molecule has 1 aliphatic carbocycles. The van der Waals surface area contributed by atoms with Crippen LogP contribution in [0.4, 0.5) is 0 Å². The number of rotatable bonds is 5. The molecule has 1 aromatic heterocycles. The van der Waals surface area contributed by atoms with E-state index in [1.165, 1.54) is 60.9 Å². The number of ether oxygens (including phenoxy) is 2. The van der Waals surface area contributed by atoms with Gasteiger partial charge in [-0.3, -0.25) is 0 Å². The highest BCUT2D eigenvalue weighted by atomic mass is 32.0. The van der Waals surface area contributed by atoms with Crippen LogP contribution in [-0.2, 0) is 51.0 Å². The molecule has 2 saturated heterocycles. The largest absolute Gasteiger partial charge is 0.426 e. The average Bonchev–Trinajstić information content (AvgIpc) is 3.38. The predicted octanol–water partition coefficient (Wildman–Crippen LogP) is 20.4. The van der Waals surface area contributed by atoms with Gasteiger partial charge >= 0.3 is 8.60 Å². The van der Waals surface area contributed by atoms with Gasteiger partial charge in [-0.1, -0.05) is 196 Å². The van der Waals surface area contributed by atoms with Crippen LogP contribution >= 0.6 is 24.6 Å². The molecule has 422 valence electrons. The van der Waals surface area contributed by atoms with Crippen LogP contribution in [0.1, 0.15) is 248 Å². The average molecular weight is 1100 g/mol. The number of allylic oxidation sites excluding steroid dienone is 1. The highest BCUT2D eigenvalue weighted by Crippen LogP contribution is 2.61. The van der Waals surface area contributed by atoms with Crippen molar-refractivity contribution in [2.75, 3.05) is 26.4 Å². The molecule has 7 rings (SSSR count). The van der Waals surface area contributed by atoms with E-state index in [4.69, 9.17) is 31.4 Å². The number of fused-ring (bicyclic) bond motifs is 3. The quantitative estimate of drug-likeness (QED) is 0.184. The topological polar surface area (TPSA) is 72.4 Å². The Morgan fingerprint density at radius 1 is 0.539 bits per heavy atom. The van der Waals surface area contributed by atoms with Crippen molar-refractivity contribution in [3.8, 4) is 16.9 Å². The van der Waals surface area contributed by atoms with E-state index in [0.717, 1.165) is 40.0 Å². The number of hydrogen-bond donors (Lipinski definition) is 0. The first-order chi connectivity index (χ1) is 34.2. The Bertz CT molecular complexity index is 2910. The van der Waals surface area contributed by atoms with Crippen LogP contribution < -0.4 is 9.83 Å². The van der Waals surface area contributed by atoms with Crippen LogP contribution in [0.5, 0.6) is 5.75 Å². The molecule has 3 atom stereocenters. The molecule has 2 aliphatic heterocycles. The summed E-state index contributed by atoms with van der Waals surface area (Å²) < 4.78 is 49.0. The van der Waals surface area contributed by atoms with E-state index in [2.05, 4.69) is 210 Å². The van der Waals surface area contributed by atoms with Crippen molar-refractivity contribution in [2.45, 2.75) is 244 Å². The van der Waals surface area contributed by atoms with Crippen LogP contribution in [0.2, 0.25) is 0 Å². The standard InChI is InChI=1S/C66H101O7P3/c1-39-45(59(9,10)11)33-49(63(21,22)23)55(71-75-69-37-66(38-70-75)35-67-65(27,28)68-36-66)51(39)52-40(2)46(60(12,13)14)34-50(64(24,25)26)56(52)74-76-72-53-43(29-41(57(3,4)5)31-47(53)61(15,16)17)44-30-42(58(6,7)8)32-48(54(44)73-76)62(18,19)20/h29-31,33-34,48,74H,32,35-38H2,1-28H3. The summed E-state index contributed by atoms with van der Waals surface area (Å²) in [6.07, 6.45) is 3.42. The van der Waals surface area contributed by atoms with Gasteiger partial charge in [-0.05, 0) is 128 Å². The smallest absolute Gasteiger partial charge is 0.397 e. The van der Waals surface area contributed by atoms with E-state index < -0.39 is 27.5 Å². The van der Waals surface area contributed by atoms with Gasteiger partial charge in [0.25, 0.3) is 0 Å². The Labute approximate surface area is 465 Å². The molecule has 3 unspecified atom stereocenters. The first-order valence-corrected chi connectivity index (χ1v) is 32.3. The van der Waals surface area contributed by atoms with Gasteiger partial charge in [-0.15, -0.1) is 0 Å². The summed E-state index contributed by atoms with van der Waals surface area (Å²) in [5.41, 5.74) is 14.1. The van der Waals surface area contributed by atoms with Crippen molar-refractivity contribution in [1.29, 1.82) is 0 Å². The summed E-state index contributed by atoms with van der Waals surface area (Å²) >= 11 is 0. The molecule has 7 nitrogen and oxygen atoms in total. The maximum atomic E-state index is 7.90. The second-order valence-electron chi connectivity index (χ2n) is 31.8. The van der Waals surface area contributed by atoms with Gasteiger partial charge in [0.05, 0.1) is 31.8 Å². The van der Waals surface area contributed by atoms with Gasteiger partial charge in [0.15, 0.2) is 5.79 Å². The molecule has 3 aromatic carbocycles. The highest BCUT2D eigenvalue weighted by molar-refractivity contribution is 8.15. The fourth-order valence-electron chi connectivity index (χ4n) is 11.2. The lowest BCUT2D eigenvalue weighted by Crippen LogP contribution is -2.52. The first kappa shape index (κ1) is 61.2. The van der Waals surface area contributed by atoms with Gasteiger partial charge in [-0.2, -0.15) is 0 Å². The second-order valence-corrected chi connectivity index (χ2v) is 36.3. The van der Waals surface area contributed by atoms with E-state index in [1.807, 2.05) is 13.8 Å². The molecular weight excluding hydrogens is 998 g/mol. The summed E-state index contributed by atoms with van der Waals surface area (Å²) in [6, 6.07) is 9.81. The number of benzene rings is 3. The summed E-state index contributed by atoms with van der Waals surface area (Å²) in [6.45, 7) is 66.8. The zero-order valence-electron chi connectivity index (χ0n) is 52.8. The SMILES string of the molecule is Cc1c(C(C)(C)C)cc(C(C)(C)C)c(OP2OCC3(CO2)COC(C)(C)OC3)c1-c1c(C)c(C(C)(C)C)cc(C(C)(C)C)c1Pp1oc2c(c3cc(C(C)(C)C)cc(C(C)(C)C)c3o1)C=C(C(C)(C)C)CC2C(C)(C)C. The molecule has 1 spiro atoms. The zero-order valence-corrected chi connectivity index (χ0v) is 55.5. The summed E-state index contributed by atoms with van der Waals surface area (Å²) in [4.78, 5) is 0. The molecule has 0 radical (unpaired) electrons. The minimum atomic E-state index is -1.80. The fraction of sp³-hybridized carbons (Fsp3) is 0.667. The molecule has 10 heteroatoms. The second kappa shape index (κ2) is 20.2. The zero-order chi connectivity index (χ0) is 57.3. The van der Waals surface area contributed by atoms with Crippen LogP contribution in [-0.4, -0.2) is 32.2 Å². The maximum Gasteiger partial charge on any atom is 0.397 e. The molecular formula is C66H101O7P3. The van der Waals surface area contributed by atoms with Crippen LogP contribution in [0.3, 0.4) is 0 Å². The predicted molar refractivity (Wildman–Crippen MR) is 328 cm³/mol. The minimum absolute atomic E-state index is 0.0311. The first-order valence-electron chi connectivity index (χ1n) is 28.2. The van der Waals surface area contributed by atoms with Crippen molar-refractivity contribution >= 4 is 46.9 Å². The molecule has 3 aliphatic rings. The lowest BCUT2D eigenvalue weighted by atomic mass is 9.67. The van der Waals surface area contributed by atoms with Crippen molar-refractivity contribution in [2.24, 2.45) is 16.2 Å². The van der Waals surface area contributed by atoms with Crippen molar-refractivity contribution < 1.29 is 31.4 Å².